The quantitative estimate of drug-likeness (QED) is 0.373. The highest BCUT2D eigenvalue weighted by molar-refractivity contribution is 5.79. The number of guanidine groups is 1. The van der Waals surface area contributed by atoms with E-state index in [2.05, 4.69) is 20.5 Å². The number of nitrogens with two attached hydrogens (primary N) is 1. The van der Waals surface area contributed by atoms with E-state index >= 15 is 0 Å². The molecule has 0 radical (unpaired) electrons. The van der Waals surface area contributed by atoms with Gasteiger partial charge in [-0.15, -0.1) is 0 Å². The molecule has 24 heavy (non-hydrogen) atoms. The fraction of sp³-hybridized carbons (Fsp3) is 0.889. The van der Waals surface area contributed by atoms with Gasteiger partial charge in [-0.2, -0.15) is 0 Å². The molecule has 1 aliphatic heterocycles. The molecule has 1 amide bonds. The Hall–Kier alpha value is -1.30. The van der Waals surface area contributed by atoms with Crippen LogP contribution in [0.2, 0.25) is 0 Å². The van der Waals surface area contributed by atoms with Crippen LogP contribution in [-0.4, -0.2) is 56.0 Å². The lowest BCUT2D eigenvalue weighted by Crippen LogP contribution is -2.44. The molecule has 0 aromatic heterocycles. The summed E-state index contributed by atoms with van der Waals surface area (Å²) < 4.78 is 0. The number of nitrogens with one attached hydrogen (secondary N) is 2. The Bertz CT molecular complexity index is 398. The molecule has 0 unspecified atom stereocenters. The number of hydrogen-bond donors (Lipinski definition) is 3. The number of aliphatic imine (C=N–C) groups is 1. The minimum Gasteiger partial charge on any atom is -0.369 e. The molecule has 0 atom stereocenters. The van der Waals surface area contributed by atoms with Crippen LogP contribution >= 0.6 is 0 Å². The average molecular weight is 338 g/mol. The van der Waals surface area contributed by atoms with Crippen LogP contribution in [0.15, 0.2) is 4.99 Å². The second-order valence-electron chi connectivity index (χ2n) is 7.20. The molecule has 1 saturated carbocycles. The average Bonchev–Trinajstić information content (AvgIpc) is 2.61. The molecule has 1 aliphatic carbocycles. The standard InChI is InChI=1S/C18H35N5O/c1-20-18(22-16-7-3-2-4-8-16)21-11-5-6-12-23-13-9-15(10-14-23)17(19)24/h15-16H,2-14H2,1H3,(H2,19,24)(H2,20,21,22). The summed E-state index contributed by atoms with van der Waals surface area (Å²) in [6.07, 6.45) is 10.7. The van der Waals surface area contributed by atoms with Crippen LogP contribution in [0.5, 0.6) is 0 Å². The van der Waals surface area contributed by atoms with E-state index in [1.807, 2.05) is 7.05 Å². The molecule has 0 aromatic rings. The van der Waals surface area contributed by atoms with E-state index in [1.165, 1.54) is 38.5 Å². The van der Waals surface area contributed by atoms with Crippen molar-refractivity contribution in [3.05, 3.63) is 0 Å². The predicted octanol–water partition coefficient (Wildman–Crippen LogP) is 1.46. The van der Waals surface area contributed by atoms with Crippen molar-refractivity contribution in [2.24, 2.45) is 16.6 Å². The second kappa shape index (κ2) is 10.5. The molecule has 0 bridgehead atoms. The molecule has 6 nitrogen and oxygen atoms in total. The largest absolute Gasteiger partial charge is 0.369 e. The number of carbonyl (C=O) groups is 1. The summed E-state index contributed by atoms with van der Waals surface area (Å²) in [5.74, 6) is 0.914. The Labute approximate surface area is 146 Å². The molecule has 138 valence electrons. The van der Waals surface area contributed by atoms with Crippen molar-refractivity contribution in [3.63, 3.8) is 0 Å². The molecule has 6 heteroatoms. The fourth-order valence-corrected chi connectivity index (χ4v) is 3.74. The zero-order valence-corrected chi connectivity index (χ0v) is 15.2. The Morgan fingerprint density at radius 1 is 1.12 bits per heavy atom. The molecule has 0 aromatic carbocycles. The van der Waals surface area contributed by atoms with Gasteiger partial charge in [0.05, 0.1) is 0 Å². The van der Waals surface area contributed by atoms with Crippen LogP contribution in [0.1, 0.15) is 57.8 Å². The van der Waals surface area contributed by atoms with Gasteiger partial charge in [0.15, 0.2) is 5.96 Å². The van der Waals surface area contributed by atoms with E-state index in [9.17, 15) is 4.79 Å². The van der Waals surface area contributed by atoms with Gasteiger partial charge in [-0.1, -0.05) is 19.3 Å². The lowest BCUT2D eigenvalue weighted by atomic mass is 9.96. The van der Waals surface area contributed by atoms with E-state index in [0.717, 1.165) is 51.4 Å². The van der Waals surface area contributed by atoms with Crippen LogP contribution in [0.25, 0.3) is 0 Å². The van der Waals surface area contributed by atoms with E-state index in [-0.39, 0.29) is 11.8 Å². The van der Waals surface area contributed by atoms with Crippen molar-refractivity contribution in [1.82, 2.24) is 15.5 Å². The molecular weight excluding hydrogens is 302 g/mol. The van der Waals surface area contributed by atoms with Gasteiger partial charge in [0.2, 0.25) is 5.91 Å². The number of nitrogens with zero attached hydrogens (tertiary/aromatic N) is 2. The van der Waals surface area contributed by atoms with Gasteiger partial charge in [-0.25, -0.2) is 0 Å². The summed E-state index contributed by atoms with van der Waals surface area (Å²) in [6.45, 7) is 4.09. The number of hydrogen-bond acceptors (Lipinski definition) is 3. The number of unbranched alkanes of at least 4 members (excludes halogenated alkanes) is 1. The molecule has 1 heterocycles. The van der Waals surface area contributed by atoms with E-state index in [0.29, 0.717) is 6.04 Å². The maximum Gasteiger partial charge on any atom is 0.220 e. The van der Waals surface area contributed by atoms with Crippen LogP contribution in [0.3, 0.4) is 0 Å². The molecule has 2 aliphatic rings. The summed E-state index contributed by atoms with van der Waals surface area (Å²) in [7, 11) is 1.85. The lowest BCUT2D eigenvalue weighted by Gasteiger charge is -2.30. The van der Waals surface area contributed by atoms with Crippen molar-refractivity contribution >= 4 is 11.9 Å². The lowest BCUT2D eigenvalue weighted by molar-refractivity contribution is -0.123. The Balaban J connectivity index is 1.52. The molecule has 2 rings (SSSR count). The summed E-state index contributed by atoms with van der Waals surface area (Å²) >= 11 is 0. The topological polar surface area (TPSA) is 82.8 Å². The smallest absolute Gasteiger partial charge is 0.220 e. The third-order valence-electron chi connectivity index (χ3n) is 5.35. The number of likely N-dealkylation sites (tertiary alicyclic amines) is 1. The monoisotopic (exact) mass is 337 g/mol. The van der Waals surface area contributed by atoms with E-state index in [1.54, 1.807) is 0 Å². The zero-order chi connectivity index (χ0) is 17.2. The summed E-state index contributed by atoms with van der Waals surface area (Å²) in [5, 5.41) is 6.98. The third kappa shape index (κ3) is 6.67. The summed E-state index contributed by atoms with van der Waals surface area (Å²) in [4.78, 5) is 18.0. The first kappa shape index (κ1) is 19.0. The number of carbonyl (C=O) groups excluding carboxylic acids is 1. The first-order valence-electron chi connectivity index (χ1n) is 9.68. The fourth-order valence-electron chi connectivity index (χ4n) is 3.74. The first-order chi connectivity index (χ1) is 11.7. The molecule has 1 saturated heterocycles. The van der Waals surface area contributed by atoms with Gasteiger partial charge < -0.3 is 21.3 Å². The van der Waals surface area contributed by atoms with Crippen LogP contribution in [0.4, 0.5) is 0 Å². The Morgan fingerprint density at radius 2 is 1.83 bits per heavy atom. The molecule has 0 spiro atoms. The summed E-state index contributed by atoms with van der Waals surface area (Å²) in [5.41, 5.74) is 5.38. The van der Waals surface area contributed by atoms with E-state index in [4.69, 9.17) is 5.73 Å². The van der Waals surface area contributed by atoms with Crippen LogP contribution in [0, 0.1) is 5.92 Å². The van der Waals surface area contributed by atoms with Crippen LogP contribution in [-0.2, 0) is 4.79 Å². The molecule has 2 fully saturated rings. The van der Waals surface area contributed by atoms with Crippen molar-refractivity contribution in [2.75, 3.05) is 33.2 Å². The highest BCUT2D eigenvalue weighted by Gasteiger charge is 2.22. The number of primary amides is 1. The van der Waals surface area contributed by atoms with Gasteiger partial charge in [0.1, 0.15) is 0 Å². The second-order valence-corrected chi connectivity index (χ2v) is 7.20. The van der Waals surface area contributed by atoms with E-state index < -0.39 is 0 Å². The molecular formula is C18H35N5O. The Kier molecular flexibility index (Phi) is 8.36. The van der Waals surface area contributed by atoms with Gasteiger partial charge in [-0.05, 0) is 58.2 Å². The minimum atomic E-state index is -0.129. The van der Waals surface area contributed by atoms with Gasteiger partial charge >= 0.3 is 0 Å². The predicted molar refractivity (Wildman–Crippen MR) is 99.0 cm³/mol. The minimum absolute atomic E-state index is 0.0945. The number of amides is 1. The van der Waals surface area contributed by atoms with Crippen LogP contribution < -0.4 is 16.4 Å². The summed E-state index contributed by atoms with van der Waals surface area (Å²) in [6, 6.07) is 0.594. The maximum atomic E-state index is 11.2. The molecule has 4 N–H and O–H groups in total. The van der Waals surface area contributed by atoms with Gasteiger partial charge in [0.25, 0.3) is 0 Å². The van der Waals surface area contributed by atoms with Gasteiger partial charge in [0, 0.05) is 25.6 Å². The normalized spacial score (nSPS) is 21.6. The van der Waals surface area contributed by atoms with Crippen molar-refractivity contribution < 1.29 is 4.79 Å². The van der Waals surface area contributed by atoms with Gasteiger partial charge in [-0.3, -0.25) is 9.79 Å². The third-order valence-corrected chi connectivity index (χ3v) is 5.35. The SMILES string of the molecule is CN=C(NCCCCN1CCC(C(N)=O)CC1)NC1CCCCC1. The van der Waals surface area contributed by atoms with Crippen molar-refractivity contribution in [2.45, 2.75) is 63.8 Å². The van der Waals surface area contributed by atoms with Crippen molar-refractivity contribution in [3.8, 4) is 0 Å². The van der Waals surface area contributed by atoms with Crippen molar-refractivity contribution in [1.29, 1.82) is 0 Å². The zero-order valence-electron chi connectivity index (χ0n) is 15.2. The highest BCUT2D eigenvalue weighted by Crippen LogP contribution is 2.17. The number of piperidine rings is 1. The number of rotatable bonds is 7. The highest BCUT2D eigenvalue weighted by atomic mass is 16.1. The first-order valence-corrected chi connectivity index (χ1v) is 9.68. The Morgan fingerprint density at radius 3 is 2.46 bits per heavy atom. The maximum absolute atomic E-state index is 11.2.